The average molecular weight is 874 g/mol. The van der Waals surface area contributed by atoms with E-state index in [2.05, 4.69) is 15.6 Å². The fourth-order valence-electron chi connectivity index (χ4n) is 7.74. The molecule has 20 heteroatoms. The first-order chi connectivity index (χ1) is 27.5. The maximum Gasteiger partial charge on any atom is 0.427 e. The van der Waals surface area contributed by atoms with Gasteiger partial charge in [0.2, 0.25) is 33.3 Å². The van der Waals surface area contributed by atoms with Crippen LogP contribution in [0, 0.1) is 17.8 Å². The maximum atomic E-state index is 14.7. The predicted molar refractivity (Wildman–Crippen MR) is 207 cm³/mol. The number of aromatic nitrogens is 1. The molecule has 2 saturated carbocycles. The number of carbonyl (C=O) groups excluding carboxylic acids is 4. The number of alkyl carbamates (subject to hydrolysis) is 1. The Morgan fingerprint density at radius 1 is 1.12 bits per heavy atom. The molecular formula is C39H48ClF4N5O9S. The van der Waals surface area contributed by atoms with Gasteiger partial charge in [-0.25, -0.2) is 22.6 Å². The number of amides is 4. The molecule has 4 aliphatic rings. The van der Waals surface area contributed by atoms with E-state index in [0.29, 0.717) is 49.6 Å². The van der Waals surface area contributed by atoms with Crippen LogP contribution in [0.25, 0.3) is 10.8 Å². The number of sulfonamides is 1. The molecule has 3 N–H and O–H groups in total. The van der Waals surface area contributed by atoms with Crippen molar-refractivity contribution in [2.75, 3.05) is 20.3 Å². The Labute approximate surface area is 344 Å². The number of pyridine rings is 1. The summed E-state index contributed by atoms with van der Waals surface area (Å²) in [6, 6.07) is 3.74. The van der Waals surface area contributed by atoms with Crippen LogP contribution in [0.5, 0.6) is 11.6 Å². The summed E-state index contributed by atoms with van der Waals surface area (Å²) >= 11 is 6.35. The summed E-state index contributed by atoms with van der Waals surface area (Å²) in [5.41, 5.74) is -4.70. The Balaban J connectivity index is 1.36. The minimum absolute atomic E-state index is 0.000695. The van der Waals surface area contributed by atoms with Gasteiger partial charge in [-0.15, -0.1) is 0 Å². The van der Waals surface area contributed by atoms with Crippen molar-refractivity contribution in [1.29, 1.82) is 0 Å². The molecule has 7 atom stereocenters. The van der Waals surface area contributed by atoms with Crippen LogP contribution in [0.2, 0.25) is 5.15 Å². The largest absolute Gasteiger partial charge is 0.497 e. The first kappa shape index (κ1) is 44.2. The zero-order valence-corrected chi connectivity index (χ0v) is 34.7. The molecule has 3 heterocycles. The van der Waals surface area contributed by atoms with Crippen LogP contribution in [0.3, 0.4) is 0 Å². The second-order valence-corrected chi connectivity index (χ2v) is 19.1. The Kier molecular flexibility index (Phi) is 12.2. The zero-order valence-electron chi connectivity index (χ0n) is 33.2. The van der Waals surface area contributed by atoms with E-state index in [9.17, 15) is 45.2 Å². The summed E-state index contributed by atoms with van der Waals surface area (Å²) in [6.07, 6.45) is -2.69. The third-order valence-electron chi connectivity index (χ3n) is 11.8. The van der Waals surface area contributed by atoms with E-state index >= 15 is 0 Å². The fourth-order valence-corrected chi connectivity index (χ4v) is 9.36. The average Bonchev–Trinajstić information content (AvgIpc) is 4.05. The standard InChI is InChI=1S/C39H48ClF4N5O9S/c1-21-8-6-7-9-24-18-38(24,34(52)48-59(54,55)37(20-41)12-13-37)47-31(50)28-17-26(57-32-27-11-10-25(56-5)15-23(27)16-29(40)45-32)19-49(28)33(51)30(22(2)14-21)46-35(53)58-36(3,4)39(42,43)44/h7,9-11,15-16,21-22,24,26,28,30H,6,8,12-14,17-20H2,1-5H3,(H,46,53)(H,47,50)(H,48,52)/b9-7-/t21-,22+,24+,26+,28-,30-,38+/m0/s1. The second-order valence-electron chi connectivity index (χ2n) is 16.7. The van der Waals surface area contributed by atoms with Crippen LogP contribution in [-0.4, -0.2) is 103 Å². The van der Waals surface area contributed by atoms with Crippen molar-refractivity contribution >= 4 is 56.2 Å². The number of hydrogen-bond donors (Lipinski definition) is 3. The number of benzene rings is 1. The van der Waals surface area contributed by atoms with E-state index in [1.807, 2.05) is 11.6 Å². The van der Waals surface area contributed by atoms with Crippen LogP contribution in [-0.2, 0) is 29.1 Å². The van der Waals surface area contributed by atoms with Crippen LogP contribution in [0.15, 0.2) is 36.4 Å². The molecule has 1 saturated heterocycles. The number of alkyl halides is 4. The van der Waals surface area contributed by atoms with Gasteiger partial charge in [-0.2, -0.15) is 13.2 Å². The Morgan fingerprint density at radius 2 is 1.83 bits per heavy atom. The number of fused-ring (bicyclic) bond motifs is 3. The highest BCUT2D eigenvalue weighted by Gasteiger charge is 2.64. The van der Waals surface area contributed by atoms with Crippen LogP contribution >= 0.6 is 11.6 Å². The Hall–Kier alpha value is -4.39. The molecule has 14 nitrogen and oxygen atoms in total. The van der Waals surface area contributed by atoms with Crippen molar-refractivity contribution in [2.45, 2.75) is 113 Å². The number of allylic oxidation sites excluding steroid dienone is 1. The van der Waals surface area contributed by atoms with Gasteiger partial charge in [0.25, 0.3) is 5.91 Å². The number of nitrogens with zero attached hydrogens (tertiary/aromatic N) is 2. The van der Waals surface area contributed by atoms with Crippen LogP contribution in [0.1, 0.15) is 72.6 Å². The molecule has 1 aromatic heterocycles. The molecule has 2 aromatic rings. The summed E-state index contributed by atoms with van der Waals surface area (Å²) in [6.45, 7) is 3.40. The summed E-state index contributed by atoms with van der Waals surface area (Å²) < 4.78 is 98.1. The Bertz CT molecular complexity index is 2140. The molecule has 0 radical (unpaired) electrons. The number of rotatable bonds is 9. The van der Waals surface area contributed by atoms with Gasteiger partial charge >= 0.3 is 12.3 Å². The van der Waals surface area contributed by atoms with Gasteiger partial charge in [0.15, 0.2) is 0 Å². The first-order valence-electron chi connectivity index (χ1n) is 19.3. The maximum absolute atomic E-state index is 14.7. The van der Waals surface area contributed by atoms with Crippen molar-refractivity contribution in [3.05, 3.63) is 41.6 Å². The second kappa shape index (κ2) is 16.2. The van der Waals surface area contributed by atoms with Gasteiger partial charge in [0, 0.05) is 17.7 Å². The topological polar surface area (TPSA) is 182 Å². The minimum Gasteiger partial charge on any atom is -0.497 e. The monoisotopic (exact) mass is 873 g/mol. The minimum atomic E-state index is -4.94. The number of ether oxygens (including phenoxy) is 3. The smallest absolute Gasteiger partial charge is 0.427 e. The predicted octanol–water partition coefficient (Wildman–Crippen LogP) is 5.52. The first-order valence-corrected chi connectivity index (χ1v) is 21.2. The molecule has 0 spiro atoms. The summed E-state index contributed by atoms with van der Waals surface area (Å²) in [5.74, 6) is -3.62. The fraction of sp³-hybridized carbons (Fsp3) is 0.615. The van der Waals surface area contributed by atoms with E-state index in [4.69, 9.17) is 25.8 Å². The molecular weight excluding hydrogens is 826 g/mol. The number of carbonyl (C=O) groups is 4. The van der Waals surface area contributed by atoms with Crippen molar-refractivity contribution < 1.29 is 59.4 Å². The number of hydrogen-bond acceptors (Lipinski definition) is 10. The van der Waals surface area contributed by atoms with Gasteiger partial charge in [-0.3, -0.25) is 19.1 Å². The number of halogens is 5. The molecule has 2 aliphatic heterocycles. The molecule has 0 unspecified atom stereocenters. The summed E-state index contributed by atoms with van der Waals surface area (Å²) in [5, 5.41) is 6.22. The van der Waals surface area contributed by atoms with Crippen molar-refractivity contribution in [3.63, 3.8) is 0 Å². The molecule has 1 aromatic carbocycles. The molecule has 6 rings (SSSR count). The molecule has 324 valence electrons. The Morgan fingerprint density at radius 3 is 2.47 bits per heavy atom. The quantitative estimate of drug-likeness (QED) is 0.165. The normalized spacial score (nSPS) is 29.2. The highest BCUT2D eigenvalue weighted by molar-refractivity contribution is 7.91. The van der Waals surface area contributed by atoms with Crippen molar-refractivity contribution in [2.24, 2.45) is 17.8 Å². The number of methoxy groups -OCH3 is 1. The zero-order chi connectivity index (χ0) is 43.3. The highest BCUT2D eigenvalue weighted by Crippen LogP contribution is 2.48. The van der Waals surface area contributed by atoms with Gasteiger partial charge in [0.1, 0.15) is 46.1 Å². The molecule has 2 aliphatic carbocycles. The summed E-state index contributed by atoms with van der Waals surface area (Å²) in [4.78, 5) is 61.7. The summed E-state index contributed by atoms with van der Waals surface area (Å²) in [7, 11) is -2.99. The lowest BCUT2D eigenvalue weighted by atomic mass is 9.88. The van der Waals surface area contributed by atoms with E-state index in [1.165, 1.54) is 7.11 Å². The van der Waals surface area contributed by atoms with Gasteiger partial charge in [-0.1, -0.05) is 37.6 Å². The highest BCUT2D eigenvalue weighted by atomic mass is 35.5. The van der Waals surface area contributed by atoms with Crippen molar-refractivity contribution in [1.82, 2.24) is 25.2 Å². The molecule has 4 amide bonds. The van der Waals surface area contributed by atoms with Crippen LogP contribution < -0.4 is 24.8 Å². The lowest BCUT2D eigenvalue weighted by Crippen LogP contribution is -2.60. The SMILES string of the molecule is COc1ccc2c(O[C@@H]3C[C@H]4C(=O)N[C@]5(C(=O)NS(=O)(=O)C6(CF)CC6)C[C@H]5/C=C\CC[C@H](C)C[C@@H](C)[C@H](NC(=O)OC(C)(C)C(F)(F)F)C(=O)N4C3)nc(Cl)cc2c1. The molecule has 59 heavy (non-hydrogen) atoms. The van der Waals surface area contributed by atoms with E-state index in [1.54, 1.807) is 43.3 Å². The van der Waals surface area contributed by atoms with Gasteiger partial charge in [-0.05, 0) is 93.9 Å². The van der Waals surface area contributed by atoms with E-state index in [0.717, 1.165) is 4.90 Å². The van der Waals surface area contributed by atoms with E-state index < -0.39 is 92.6 Å². The van der Waals surface area contributed by atoms with E-state index in [-0.39, 0.29) is 49.2 Å². The van der Waals surface area contributed by atoms with Crippen LogP contribution in [0.4, 0.5) is 22.4 Å². The third kappa shape index (κ3) is 9.05. The molecule has 0 bridgehead atoms. The third-order valence-corrected chi connectivity index (χ3v) is 14.1. The lowest BCUT2D eigenvalue weighted by Gasteiger charge is -2.34. The number of nitrogens with one attached hydrogen (secondary N) is 3. The van der Waals surface area contributed by atoms with Crippen molar-refractivity contribution in [3.8, 4) is 11.6 Å². The van der Waals surface area contributed by atoms with Gasteiger partial charge < -0.3 is 29.7 Å². The van der Waals surface area contributed by atoms with Gasteiger partial charge in [0.05, 0.1) is 13.7 Å². The molecule has 3 fully saturated rings. The lowest BCUT2D eigenvalue weighted by molar-refractivity contribution is -0.244.